The van der Waals surface area contributed by atoms with Gasteiger partial charge >= 0.3 is 6.01 Å². The van der Waals surface area contributed by atoms with E-state index < -0.39 is 0 Å². The highest BCUT2D eigenvalue weighted by Gasteiger charge is 2.11. The summed E-state index contributed by atoms with van der Waals surface area (Å²) < 4.78 is 5.09. The van der Waals surface area contributed by atoms with Crippen LogP contribution in [0, 0.1) is 0 Å². The number of anilines is 1. The van der Waals surface area contributed by atoms with Gasteiger partial charge in [0.05, 0.1) is 6.54 Å². The van der Waals surface area contributed by atoms with Crippen molar-refractivity contribution in [2.75, 3.05) is 25.0 Å². The molecule has 0 unspecified atom stereocenters. The van der Waals surface area contributed by atoms with Crippen LogP contribution in [0.2, 0.25) is 0 Å². The summed E-state index contributed by atoms with van der Waals surface area (Å²) in [6.45, 7) is 5.38. The van der Waals surface area contributed by atoms with Crippen molar-refractivity contribution in [3.05, 3.63) is 5.89 Å². The minimum Gasteiger partial charge on any atom is -0.407 e. The summed E-state index contributed by atoms with van der Waals surface area (Å²) in [4.78, 5) is 13.3. The summed E-state index contributed by atoms with van der Waals surface area (Å²) >= 11 is 5.50. The fourth-order valence-corrected chi connectivity index (χ4v) is 1.33. The molecule has 0 saturated carbocycles. The molecule has 16 heavy (non-hydrogen) atoms. The number of rotatable bonds is 6. The summed E-state index contributed by atoms with van der Waals surface area (Å²) in [7, 11) is 0. The SMILES string of the molecule is CCN(CC)C(=O)CNc1nnc(CCl)o1. The van der Waals surface area contributed by atoms with Crippen molar-refractivity contribution < 1.29 is 9.21 Å². The molecule has 0 saturated heterocycles. The van der Waals surface area contributed by atoms with Crippen molar-refractivity contribution >= 4 is 23.5 Å². The lowest BCUT2D eigenvalue weighted by atomic mass is 10.4. The first-order chi connectivity index (χ1) is 7.71. The molecule has 1 heterocycles. The normalized spacial score (nSPS) is 10.2. The van der Waals surface area contributed by atoms with Crippen LogP contribution in [-0.4, -0.2) is 40.6 Å². The van der Waals surface area contributed by atoms with Crippen LogP contribution in [-0.2, 0) is 10.7 Å². The highest BCUT2D eigenvalue weighted by Crippen LogP contribution is 2.06. The molecule has 1 aromatic rings. The summed E-state index contributed by atoms with van der Waals surface area (Å²) in [5.41, 5.74) is 0. The van der Waals surface area contributed by atoms with E-state index in [-0.39, 0.29) is 24.3 Å². The number of hydrogen-bond acceptors (Lipinski definition) is 5. The van der Waals surface area contributed by atoms with Crippen LogP contribution < -0.4 is 5.32 Å². The van der Waals surface area contributed by atoms with Crippen LogP contribution in [0.25, 0.3) is 0 Å². The van der Waals surface area contributed by atoms with Gasteiger partial charge in [-0.15, -0.1) is 16.7 Å². The Morgan fingerprint density at radius 1 is 1.44 bits per heavy atom. The molecule has 0 aliphatic carbocycles. The second-order valence-corrected chi connectivity index (χ2v) is 3.32. The van der Waals surface area contributed by atoms with Crippen molar-refractivity contribution in [1.82, 2.24) is 15.1 Å². The number of hydrogen-bond donors (Lipinski definition) is 1. The van der Waals surface area contributed by atoms with Crippen LogP contribution in [0.4, 0.5) is 6.01 Å². The number of nitrogens with zero attached hydrogens (tertiary/aromatic N) is 3. The summed E-state index contributed by atoms with van der Waals surface area (Å²) in [6.07, 6.45) is 0. The number of likely N-dealkylation sites (N-methyl/N-ethyl adjacent to an activating group) is 1. The Hall–Kier alpha value is -1.30. The molecular formula is C9H15ClN4O2. The van der Waals surface area contributed by atoms with Gasteiger partial charge in [0.25, 0.3) is 0 Å². The van der Waals surface area contributed by atoms with Gasteiger partial charge in [0.2, 0.25) is 11.8 Å². The van der Waals surface area contributed by atoms with Crippen molar-refractivity contribution in [1.29, 1.82) is 0 Å². The van der Waals surface area contributed by atoms with E-state index in [0.29, 0.717) is 19.0 Å². The molecule has 1 rings (SSSR count). The molecule has 0 aliphatic rings. The second kappa shape index (κ2) is 6.32. The molecule has 1 N–H and O–H groups in total. The number of nitrogens with one attached hydrogen (secondary N) is 1. The Labute approximate surface area is 99.0 Å². The van der Waals surface area contributed by atoms with Crippen molar-refractivity contribution in [3.8, 4) is 0 Å². The van der Waals surface area contributed by atoms with E-state index in [1.54, 1.807) is 4.90 Å². The van der Waals surface area contributed by atoms with E-state index in [1.807, 2.05) is 13.8 Å². The van der Waals surface area contributed by atoms with Crippen LogP contribution in [0.5, 0.6) is 0 Å². The monoisotopic (exact) mass is 246 g/mol. The molecule has 1 amide bonds. The number of carbonyl (C=O) groups excluding carboxylic acids is 1. The first-order valence-electron chi connectivity index (χ1n) is 5.11. The van der Waals surface area contributed by atoms with Gasteiger partial charge < -0.3 is 14.6 Å². The number of alkyl halides is 1. The van der Waals surface area contributed by atoms with Crippen LogP contribution in [0.15, 0.2) is 4.42 Å². The minimum absolute atomic E-state index is 0.00405. The Morgan fingerprint density at radius 3 is 2.62 bits per heavy atom. The molecule has 0 spiro atoms. The van der Waals surface area contributed by atoms with Crippen LogP contribution in [0.3, 0.4) is 0 Å². The first-order valence-corrected chi connectivity index (χ1v) is 5.64. The Morgan fingerprint density at radius 2 is 2.12 bits per heavy atom. The standard InChI is InChI=1S/C9H15ClN4O2/c1-3-14(4-2)8(15)6-11-9-13-12-7(5-10)16-9/h3-6H2,1-2H3,(H,11,13). The van der Waals surface area contributed by atoms with Gasteiger partial charge in [0, 0.05) is 13.1 Å². The van der Waals surface area contributed by atoms with E-state index in [0.717, 1.165) is 0 Å². The lowest BCUT2D eigenvalue weighted by molar-refractivity contribution is -0.128. The first kappa shape index (κ1) is 12.8. The topological polar surface area (TPSA) is 71.3 Å². The Balaban J connectivity index is 2.41. The zero-order valence-electron chi connectivity index (χ0n) is 9.36. The average Bonchev–Trinajstić information content (AvgIpc) is 2.76. The molecule has 0 bridgehead atoms. The zero-order valence-corrected chi connectivity index (χ0v) is 10.1. The van der Waals surface area contributed by atoms with Crippen molar-refractivity contribution in [2.45, 2.75) is 19.7 Å². The molecule has 7 heteroatoms. The highest BCUT2D eigenvalue weighted by atomic mass is 35.5. The maximum Gasteiger partial charge on any atom is 0.315 e. The van der Waals surface area contributed by atoms with Crippen LogP contribution >= 0.6 is 11.6 Å². The number of halogens is 1. The quantitative estimate of drug-likeness (QED) is 0.761. The summed E-state index contributed by atoms with van der Waals surface area (Å²) in [6, 6.07) is 0.219. The fourth-order valence-electron chi connectivity index (χ4n) is 1.22. The molecule has 6 nitrogen and oxygen atoms in total. The molecule has 0 radical (unpaired) electrons. The average molecular weight is 247 g/mol. The highest BCUT2D eigenvalue weighted by molar-refractivity contribution is 6.16. The van der Waals surface area contributed by atoms with Gasteiger partial charge in [-0.2, -0.15) is 0 Å². The number of carbonyl (C=O) groups is 1. The van der Waals surface area contributed by atoms with Crippen molar-refractivity contribution in [2.24, 2.45) is 0 Å². The van der Waals surface area contributed by atoms with Gasteiger partial charge in [-0.3, -0.25) is 4.79 Å². The van der Waals surface area contributed by atoms with E-state index >= 15 is 0 Å². The maximum absolute atomic E-state index is 11.6. The van der Waals surface area contributed by atoms with Gasteiger partial charge in [0.15, 0.2) is 0 Å². The Kier molecular flexibility index (Phi) is 5.04. The largest absolute Gasteiger partial charge is 0.407 e. The van der Waals surface area contributed by atoms with Gasteiger partial charge in [-0.25, -0.2) is 0 Å². The third kappa shape index (κ3) is 3.37. The van der Waals surface area contributed by atoms with Gasteiger partial charge in [-0.1, -0.05) is 5.10 Å². The lowest BCUT2D eigenvalue weighted by Crippen LogP contribution is -2.35. The van der Waals surface area contributed by atoms with Crippen molar-refractivity contribution in [3.63, 3.8) is 0 Å². The molecule has 90 valence electrons. The molecule has 0 fully saturated rings. The van der Waals surface area contributed by atoms with E-state index in [9.17, 15) is 4.79 Å². The predicted molar refractivity (Wildman–Crippen MR) is 60.3 cm³/mol. The molecule has 0 aromatic carbocycles. The third-order valence-electron chi connectivity index (χ3n) is 2.09. The number of amides is 1. The second-order valence-electron chi connectivity index (χ2n) is 3.05. The summed E-state index contributed by atoms with van der Waals surface area (Å²) in [5, 5.41) is 10.1. The van der Waals surface area contributed by atoms with E-state index in [2.05, 4.69) is 15.5 Å². The van der Waals surface area contributed by atoms with Gasteiger partial charge in [-0.05, 0) is 13.8 Å². The van der Waals surface area contributed by atoms with E-state index in [1.165, 1.54) is 0 Å². The molecular weight excluding hydrogens is 232 g/mol. The Bertz CT molecular complexity index is 338. The zero-order chi connectivity index (χ0) is 12.0. The number of aromatic nitrogens is 2. The third-order valence-corrected chi connectivity index (χ3v) is 2.32. The van der Waals surface area contributed by atoms with Gasteiger partial charge in [0.1, 0.15) is 5.88 Å². The van der Waals surface area contributed by atoms with Crippen LogP contribution in [0.1, 0.15) is 19.7 Å². The maximum atomic E-state index is 11.6. The molecule has 0 aliphatic heterocycles. The summed E-state index contributed by atoms with van der Waals surface area (Å²) in [5.74, 6) is 0.494. The molecule has 0 atom stereocenters. The van der Waals surface area contributed by atoms with E-state index in [4.69, 9.17) is 16.0 Å². The fraction of sp³-hybridized carbons (Fsp3) is 0.667. The predicted octanol–water partition coefficient (Wildman–Crippen LogP) is 1.09. The molecule has 1 aromatic heterocycles. The minimum atomic E-state index is -0.00405. The lowest BCUT2D eigenvalue weighted by Gasteiger charge is -2.18. The smallest absolute Gasteiger partial charge is 0.315 e.